The van der Waals surface area contributed by atoms with Crippen molar-refractivity contribution in [3.05, 3.63) is 492 Å². The SMILES string of the molecule is c1ccc(-c2c3ccccc3c(-c3ccc(-c4c(-c5ccccc5)c5nccnc5c5ccccc45)cc3)c3ccccc23)cc1.c1ccc(-c2ccc(-c3cc(-c4cccnc4)cc(-c4ccc(-c5cccc(-c6ccccn6)n5)nc4)c3)cn2)nc1.c1ccc(-c2nc(-c3ccccc3)nc(-c3ccc4c5c(cccc35)-c3c-4c(-c4ccccc4)c4ccccc4c3-c3ccccc3)n2)cc1. The van der Waals surface area contributed by atoms with Gasteiger partial charge in [0.25, 0.3) is 0 Å². The van der Waals surface area contributed by atoms with Crippen LogP contribution in [-0.4, -0.2) is 54.8 Å². The maximum atomic E-state index is 5.13. The lowest BCUT2D eigenvalue weighted by atomic mass is 9.82. The van der Waals surface area contributed by atoms with Crippen LogP contribution in [0.4, 0.5) is 0 Å². The predicted octanol–water partition coefficient (Wildman–Crippen LogP) is 32.0. The average molecular weight is 1760 g/mol. The Bertz CT molecular complexity index is 8650. The minimum atomic E-state index is 0.657. The van der Waals surface area contributed by atoms with E-state index in [4.69, 9.17) is 39.9 Å². The summed E-state index contributed by atoms with van der Waals surface area (Å²) >= 11 is 0. The van der Waals surface area contributed by atoms with Gasteiger partial charge in [-0.15, -0.1) is 0 Å². The molecule has 0 amide bonds. The van der Waals surface area contributed by atoms with Gasteiger partial charge in [-0.1, -0.05) is 364 Å². The van der Waals surface area contributed by atoms with Gasteiger partial charge in [-0.3, -0.25) is 34.9 Å². The van der Waals surface area contributed by atoms with E-state index in [1.165, 1.54) is 115 Å². The molecule has 1 aliphatic carbocycles. The number of rotatable bonds is 15. The Balaban J connectivity index is 0.000000113. The number of nitrogens with zero attached hydrogens (tertiary/aromatic N) is 11. The fourth-order valence-electron chi connectivity index (χ4n) is 19.8. The molecule has 0 unspecified atom stereocenters. The number of aromatic nitrogens is 11. The van der Waals surface area contributed by atoms with Crippen molar-refractivity contribution in [3.8, 4) is 191 Å². The Labute approximate surface area is 797 Å². The van der Waals surface area contributed by atoms with Crippen molar-refractivity contribution in [1.29, 1.82) is 0 Å². The van der Waals surface area contributed by atoms with Crippen LogP contribution in [0, 0.1) is 0 Å². The Morgan fingerprint density at radius 1 is 0.138 bits per heavy atom. The Morgan fingerprint density at radius 3 is 0.906 bits per heavy atom. The highest BCUT2D eigenvalue weighted by Crippen LogP contribution is 2.59. The summed E-state index contributed by atoms with van der Waals surface area (Å²) in [5, 5.41) is 12.2. The average Bonchev–Trinajstić information content (AvgIpc) is 1.53. The van der Waals surface area contributed by atoms with E-state index in [0.717, 1.165) is 123 Å². The first-order valence-corrected chi connectivity index (χ1v) is 46.2. The Morgan fingerprint density at radius 2 is 0.457 bits per heavy atom. The lowest BCUT2D eigenvalue weighted by molar-refractivity contribution is 1.08. The highest BCUT2D eigenvalue weighted by Gasteiger charge is 2.33. The van der Waals surface area contributed by atoms with E-state index in [1.807, 2.05) is 128 Å². The second-order valence-electron chi connectivity index (χ2n) is 34.1. The number of hydrogen-bond acceptors (Lipinski definition) is 11. The van der Waals surface area contributed by atoms with E-state index in [9.17, 15) is 0 Å². The van der Waals surface area contributed by atoms with Crippen LogP contribution in [0.25, 0.3) is 256 Å². The van der Waals surface area contributed by atoms with Gasteiger partial charge in [0.1, 0.15) is 0 Å². The molecule has 0 fully saturated rings. The summed E-state index contributed by atoms with van der Waals surface area (Å²) < 4.78 is 0. The quantitative estimate of drug-likeness (QED) is 0.0715. The van der Waals surface area contributed by atoms with E-state index < -0.39 is 0 Å². The van der Waals surface area contributed by atoms with Crippen LogP contribution in [-0.2, 0) is 0 Å². The van der Waals surface area contributed by atoms with Crippen LogP contribution in [0.5, 0.6) is 0 Å². The lowest BCUT2D eigenvalue weighted by Gasteiger charge is -2.20. The first-order chi connectivity index (χ1) is 68.5. The van der Waals surface area contributed by atoms with Crippen LogP contribution in [0.2, 0.25) is 0 Å². The first kappa shape index (κ1) is 82.4. The largest absolute Gasteiger partial charge is 0.264 e. The van der Waals surface area contributed by atoms with E-state index in [1.54, 1.807) is 31.0 Å². The molecule has 0 N–H and O–H groups in total. The molecule has 11 heteroatoms. The molecule has 0 aliphatic heterocycles. The summed E-state index contributed by atoms with van der Waals surface area (Å²) in [5.41, 5.74) is 35.4. The summed E-state index contributed by atoms with van der Waals surface area (Å²) in [4.78, 5) is 52.4. The number of hydrogen-bond donors (Lipinski definition) is 0. The molecule has 0 saturated heterocycles. The molecule has 0 radical (unpaired) electrons. The topological polar surface area (TPSA) is 142 Å². The van der Waals surface area contributed by atoms with Gasteiger partial charge >= 0.3 is 0 Å². The zero-order valence-electron chi connectivity index (χ0n) is 74.7. The van der Waals surface area contributed by atoms with E-state index in [0.29, 0.717) is 17.5 Å². The van der Waals surface area contributed by atoms with Gasteiger partial charge in [-0.25, -0.2) is 19.9 Å². The predicted molar refractivity (Wildman–Crippen MR) is 566 cm³/mol. The number of pyridine rings is 6. The van der Waals surface area contributed by atoms with Crippen molar-refractivity contribution >= 4 is 64.9 Å². The van der Waals surface area contributed by atoms with Gasteiger partial charge < -0.3 is 0 Å². The van der Waals surface area contributed by atoms with Crippen LogP contribution in [0.3, 0.4) is 0 Å². The maximum Gasteiger partial charge on any atom is 0.164 e. The molecule has 0 saturated carbocycles. The van der Waals surface area contributed by atoms with Crippen molar-refractivity contribution in [2.45, 2.75) is 0 Å². The molecule has 8 aromatic heterocycles. The molecule has 25 aromatic rings. The fraction of sp³-hybridized carbons (Fsp3) is 0. The molecular formula is C127H81N11. The van der Waals surface area contributed by atoms with Crippen LogP contribution in [0.1, 0.15) is 0 Å². The monoisotopic (exact) mass is 1760 g/mol. The van der Waals surface area contributed by atoms with Gasteiger partial charge in [-0.2, -0.15) is 0 Å². The number of benzene rings is 17. The molecule has 11 nitrogen and oxygen atoms in total. The molecule has 0 bridgehead atoms. The fourth-order valence-corrected chi connectivity index (χ4v) is 19.8. The molecule has 138 heavy (non-hydrogen) atoms. The minimum absolute atomic E-state index is 0.657. The lowest BCUT2D eigenvalue weighted by Crippen LogP contribution is -2.00. The normalized spacial score (nSPS) is 11.3. The smallest absolute Gasteiger partial charge is 0.164 e. The third-order valence-electron chi connectivity index (χ3n) is 26.0. The van der Waals surface area contributed by atoms with Crippen molar-refractivity contribution in [1.82, 2.24) is 54.8 Å². The molecule has 17 aromatic carbocycles. The molecule has 26 rings (SSSR count). The molecular weight excluding hydrogens is 1680 g/mol. The minimum Gasteiger partial charge on any atom is -0.264 e. The van der Waals surface area contributed by atoms with Gasteiger partial charge in [0.15, 0.2) is 17.5 Å². The summed E-state index contributed by atoms with van der Waals surface area (Å²) in [6.07, 6.45) is 14.6. The van der Waals surface area contributed by atoms with E-state index in [2.05, 4.69) is 349 Å². The van der Waals surface area contributed by atoms with Crippen molar-refractivity contribution in [3.63, 3.8) is 0 Å². The first-order valence-electron chi connectivity index (χ1n) is 46.2. The zero-order chi connectivity index (χ0) is 91.6. The van der Waals surface area contributed by atoms with Crippen LogP contribution < -0.4 is 0 Å². The summed E-state index contributed by atoms with van der Waals surface area (Å²) in [7, 11) is 0. The Kier molecular flexibility index (Phi) is 21.8. The second-order valence-corrected chi connectivity index (χ2v) is 34.1. The van der Waals surface area contributed by atoms with E-state index >= 15 is 0 Å². The third kappa shape index (κ3) is 15.6. The molecule has 0 spiro atoms. The molecule has 644 valence electrons. The Hall–Kier alpha value is -18.7. The van der Waals surface area contributed by atoms with Crippen LogP contribution >= 0.6 is 0 Å². The summed E-state index contributed by atoms with van der Waals surface area (Å²) in [6.45, 7) is 0. The van der Waals surface area contributed by atoms with Gasteiger partial charge in [-0.05, 0) is 227 Å². The maximum absolute atomic E-state index is 5.13. The molecule has 1 aliphatic rings. The van der Waals surface area contributed by atoms with Crippen LogP contribution in [0.15, 0.2) is 492 Å². The third-order valence-corrected chi connectivity index (χ3v) is 26.0. The zero-order valence-corrected chi connectivity index (χ0v) is 74.7. The van der Waals surface area contributed by atoms with Crippen molar-refractivity contribution in [2.24, 2.45) is 0 Å². The summed E-state index contributed by atoms with van der Waals surface area (Å²) in [6, 6.07) is 155. The highest BCUT2D eigenvalue weighted by molar-refractivity contribution is 6.29. The van der Waals surface area contributed by atoms with Gasteiger partial charge in [0.2, 0.25) is 0 Å². The second kappa shape index (κ2) is 36.5. The van der Waals surface area contributed by atoms with Crippen molar-refractivity contribution < 1.29 is 0 Å². The highest BCUT2D eigenvalue weighted by atomic mass is 15.0. The van der Waals surface area contributed by atoms with Crippen molar-refractivity contribution in [2.75, 3.05) is 0 Å². The molecule has 0 atom stereocenters. The number of fused-ring (bicyclic) bond motifs is 9. The van der Waals surface area contributed by atoms with Gasteiger partial charge in [0.05, 0.1) is 45.2 Å². The van der Waals surface area contributed by atoms with E-state index in [-0.39, 0.29) is 0 Å². The summed E-state index contributed by atoms with van der Waals surface area (Å²) in [5.74, 6) is 1.98. The standard InChI is InChI=1S/C47H29N3.C44H28N2.C36H24N6/c1-5-16-30(17-6-1)40-34-24-13-14-25-35(34)41(31-18-7-2-8-19-31)44-39-29-28-37(36-26-15-27-38(42(36)39)43(40)44)47-49-45(32-20-9-3-10-21-32)48-46(50-47)33-22-11-4-12-23-33;1-3-13-29(14-4-1)39-33-17-7-9-19-35(33)40(36-20-10-8-18-34(36)39)31-23-25-32(26-24-31)41-37-21-11-12-22-38(37)43-44(46-28-27-45-43)42(41)30-15-5-2-6-16-30;1-3-17-38-31(8-1)33-14-12-26(23-40-33)29-19-28(25-7-6-16-37-22-25)20-30(21-29)27-13-15-34(41-24-27)36-11-5-10-35(42-36)32-9-2-4-18-39-32/h1-29H;1-28H;1-24H. The van der Waals surface area contributed by atoms with Gasteiger partial charge in [0, 0.05) is 93.9 Å². The molecule has 8 heterocycles.